The molecule has 0 atom stereocenters. The quantitative estimate of drug-likeness (QED) is 0.571. The number of hydrogen-bond donors (Lipinski definition) is 0. The molecule has 0 saturated heterocycles. The van der Waals surface area contributed by atoms with Crippen LogP contribution in [0, 0.1) is 5.92 Å². The van der Waals surface area contributed by atoms with E-state index in [1.54, 1.807) is 6.92 Å². The summed E-state index contributed by atoms with van der Waals surface area (Å²) >= 11 is 0. The van der Waals surface area contributed by atoms with Crippen LogP contribution < -0.4 is 0 Å². The molecule has 0 amide bonds. The molecule has 0 spiro atoms. The Hall–Kier alpha value is -0.590. The molecular weight excluding hydrogens is 136 g/mol. The minimum Gasteiger partial charge on any atom is -0.295 e. The third-order valence-corrected chi connectivity index (χ3v) is 1.64. The van der Waals surface area contributed by atoms with Crippen LogP contribution in [0.5, 0.6) is 0 Å². The van der Waals surface area contributed by atoms with Crippen molar-refractivity contribution in [2.45, 2.75) is 41.0 Å². The monoisotopic (exact) mass is 154 g/mol. The van der Waals surface area contributed by atoms with Gasteiger partial charge < -0.3 is 0 Å². The van der Waals surface area contributed by atoms with Crippen LogP contribution in [0.3, 0.4) is 0 Å². The molecule has 0 rings (SSSR count). The molecule has 0 radical (unpaired) electrons. The highest BCUT2D eigenvalue weighted by molar-refractivity contribution is 5.93. The summed E-state index contributed by atoms with van der Waals surface area (Å²) in [6, 6.07) is 0. The summed E-state index contributed by atoms with van der Waals surface area (Å²) in [6.07, 6.45) is 0.914. The van der Waals surface area contributed by atoms with Gasteiger partial charge in [-0.15, -0.1) is 0 Å². The van der Waals surface area contributed by atoms with Crippen LogP contribution in [-0.2, 0) is 4.79 Å². The van der Waals surface area contributed by atoms with Crippen molar-refractivity contribution in [3.05, 3.63) is 11.1 Å². The predicted molar refractivity (Wildman–Crippen MR) is 48.5 cm³/mol. The molecule has 0 unspecified atom stereocenters. The first-order chi connectivity index (χ1) is 4.95. The number of rotatable bonds is 3. The Morgan fingerprint density at radius 2 is 1.64 bits per heavy atom. The van der Waals surface area contributed by atoms with Crippen molar-refractivity contribution < 1.29 is 4.79 Å². The maximum absolute atomic E-state index is 11.1. The summed E-state index contributed by atoms with van der Waals surface area (Å²) in [5.74, 6) is 0.794. The van der Waals surface area contributed by atoms with Gasteiger partial charge in [-0.05, 0) is 38.7 Å². The maximum Gasteiger partial charge on any atom is 0.155 e. The lowest BCUT2D eigenvalue weighted by molar-refractivity contribution is -0.113. The van der Waals surface area contributed by atoms with Gasteiger partial charge in [-0.3, -0.25) is 4.79 Å². The zero-order valence-corrected chi connectivity index (χ0v) is 8.19. The number of ketones is 1. The van der Waals surface area contributed by atoms with E-state index in [2.05, 4.69) is 13.8 Å². The molecule has 0 aromatic heterocycles. The van der Waals surface area contributed by atoms with Gasteiger partial charge in [0.2, 0.25) is 0 Å². The summed E-state index contributed by atoms with van der Waals surface area (Å²) in [7, 11) is 0. The van der Waals surface area contributed by atoms with E-state index in [-0.39, 0.29) is 5.78 Å². The largest absolute Gasteiger partial charge is 0.295 e. The molecule has 64 valence electrons. The summed E-state index contributed by atoms with van der Waals surface area (Å²) in [4.78, 5) is 11.1. The van der Waals surface area contributed by atoms with E-state index in [0.29, 0.717) is 5.92 Å². The first kappa shape index (κ1) is 10.4. The molecule has 11 heavy (non-hydrogen) atoms. The second-order valence-corrected chi connectivity index (χ2v) is 3.63. The van der Waals surface area contributed by atoms with Crippen molar-refractivity contribution in [1.29, 1.82) is 0 Å². The molecule has 0 heterocycles. The molecule has 0 aliphatic heterocycles. The summed E-state index contributed by atoms with van der Waals surface area (Å²) in [6.45, 7) is 9.90. The first-order valence-electron chi connectivity index (χ1n) is 4.12. The SMILES string of the molecule is CC(=O)C(CC(C)C)=C(C)C. The highest BCUT2D eigenvalue weighted by Crippen LogP contribution is 2.15. The average Bonchev–Trinajstić information content (AvgIpc) is 1.81. The minimum atomic E-state index is 0.221. The van der Waals surface area contributed by atoms with Crippen LogP contribution in [0.4, 0.5) is 0 Å². The molecule has 0 aliphatic rings. The number of allylic oxidation sites excluding steroid dienone is 2. The Kier molecular flexibility index (Phi) is 4.09. The number of hydrogen-bond acceptors (Lipinski definition) is 1. The van der Waals surface area contributed by atoms with Gasteiger partial charge in [-0.1, -0.05) is 19.4 Å². The van der Waals surface area contributed by atoms with Crippen LogP contribution in [0.2, 0.25) is 0 Å². The Morgan fingerprint density at radius 3 is 1.73 bits per heavy atom. The smallest absolute Gasteiger partial charge is 0.155 e. The standard InChI is InChI=1S/C10H18O/c1-7(2)6-10(8(3)4)9(5)11/h7H,6H2,1-5H3. The van der Waals surface area contributed by atoms with Gasteiger partial charge in [0.05, 0.1) is 0 Å². The van der Waals surface area contributed by atoms with Crippen molar-refractivity contribution in [2.24, 2.45) is 5.92 Å². The topological polar surface area (TPSA) is 17.1 Å². The van der Waals surface area contributed by atoms with E-state index in [9.17, 15) is 4.79 Å². The van der Waals surface area contributed by atoms with Gasteiger partial charge in [0, 0.05) is 0 Å². The third kappa shape index (κ3) is 3.97. The second-order valence-electron chi connectivity index (χ2n) is 3.63. The number of carbonyl (C=O) groups is 1. The van der Waals surface area contributed by atoms with Crippen LogP contribution in [0.15, 0.2) is 11.1 Å². The zero-order chi connectivity index (χ0) is 9.02. The number of Topliss-reactive ketones (excluding diaryl/α,β-unsaturated/α-hetero) is 1. The molecule has 0 saturated carbocycles. The lowest BCUT2D eigenvalue weighted by atomic mass is 9.97. The van der Waals surface area contributed by atoms with Gasteiger partial charge in [-0.2, -0.15) is 0 Å². The molecule has 0 aromatic carbocycles. The molecule has 0 aromatic rings. The van der Waals surface area contributed by atoms with Crippen molar-refractivity contribution in [2.75, 3.05) is 0 Å². The van der Waals surface area contributed by atoms with Crippen molar-refractivity contribution >= 4 is 5.78 Å². The Balaban J connectivity index is 4.39. The van der Waals surface area contributed by atoms with Crippen molar-refractivity contribution in [3.8, 4) is 0 Å². The first-order valence-corrected chi connectivity index (χ1v) is 4.12. The van der Waals surface area contributed by atoms with Crippen molar-refractivity contribution in [1.82, 2.24) is 0 Å². The molecule has 0 aliphatic carbocycles. The van der Waals surface area contributed by atoms with Gasteiger partial charge >= 0.3 is 0 Å². The van der Waals surface area contributed by atoms with E-state index in [1.165, 1.54) is 0 Å². The van der Waals surface area contributed by atoms with E-state index in [0.717, 1.165) is 17.6 Å². The molecular formula is C10H18O. The average molecular weight is 154 g/mol. The highest BCUT2D eigenvalue weighted by Gasteiger charge is 2.07. The zero-order valence-electron chi connectivity index (χ0n) is 8.19. The Bertz CT molecular complexity index is 171. The van der Waals surface area contributed by atoms with Crippen LogP contribution >= 0.6 is 0 Å². The lowest BCUT2D eigenvalue weighted by Gasteiger charge is -2.08. The minimum absolute atomic E-state index is 0.221. The van der Waals surface area contributed by atoms with E-state index >= 15 is 0 Å². The van der Waals surface area contributed by atoms with Gasteiger partial charge in [0.25, 0.3) is 0 Å². The highest BCUT2D eigenvalue weighted by atomic mass is 16.1. The third-order valence-electron chi connectivity index (χ3n) is 1.64. The maximum atomic E-state index is 11.1. The van der Waals surface area contributed by atoms with Gasteiger partial charge in [0.15, 0.2) is 5.78 Å². The Morgan fingerprint density at radius 1 is 1.18 bits per heavy atom. The molecule has 0 N–H and O–H groups in total. The normalized spacial score (nSPS) is 10.0. The summed E-state index contributed by atoms with van der Waals surface area (Å²) in [5.41, 5.74) is 2.16. The van der Waals surface area contributed by atoms with Gasteiger partial charge in [0.1, 0.15) is 0 Å². The summed E-state index contributed by atoms with van der Waals surface area (Å²) < 4.78 is 0. The number of carbonyl (C=O) groups excluding carboxylic acids is 1. The fraction of sp³-hybridized carbons (Fsp3) is 0.700. The van der Waals surface area contributed by atoms with E-state index in [4.69, 9.17) is 0 Å². The van der Waals surface area contributed by atoms with Gasteiger partial charge in [-0.25, -0.2) is 0 Å². The van der Waals surface area contributed by atoms with Crippen molar-refractivity contribution in [3.63, 3.8) is 0 Å². The fourth-order valence-electron chi connectivity index (χ4n) is 1.11. The van der Waals surface area contributed by atoms with E-state index < -0.39 is 0 Å². The lowest BCUT2D eigenvalue weighted by Crippen LogP contribution is -2.02. The molecule has 0 fully saturated rings. The van der Waals surface area contributed by atoms with E-state index in [1.807, 2.05) is 13.8 Å². The van der Waals surface area contributed by atoms with Crippen LogP contribution in [-0.4, -0.2) is 5.78 Å². The second kappa shape index (κ2) is 4.32. The molecule has 0 bridgehead atoms. The summed E-state index contributed by atoms with van der Waals surface area (Å²) in [5, 5.41) is 0. The fourth-order valence-corrected chi connectivity index (χ4v) is 1.11. The van der Waals surface area contributed by atoms with Crippen LogP contribution in [0.1, 0.15) is 41.0 Å². The Labute approximate surface area is 69.5 Å². The predicted octanol–water partition coefficient (Wildman–Crippen LogP) is 2.96. The molecule has 1 nitrogen and oxygen atoms in total. The van der Waals surface area contributed by atoms with Crippen LogP contribution in [0.25, 0.3) is 0 Å². The molecule has 1 heteroatoms.